The summed E-state index contributed by atoms with van der Waals surface area (Å²) in [6.45, 7) is 0.401. The number of carbonyl (C=O) groups excluding carboxylic acids is 3. The molecule has 1 aliphatic rings. The standard InChI is InChI=1S/C14H17N3O4/c1-17(8-9-4-3-5-10(6-9)21-2)12(18)7-11-13(19)16-14(20)15-11/h3-6,11H,7-8H2,1-2H3,(H2,15,16,19,20)/t11-/m1/s1. The number of imide groups is 1. The molecule has 0 aromatic heterocycles. The van der Waals surface area contributed by atoms with E-state index in [0.717, 1.165) is 11.3 Å². The fraction of sp³-hybridized carbons (Fsp3) is 0.357. The van der Waals surface area contributed by atoms with Crippen LogP contribution >= 0.6 is 0 Å². The summed E-state index contributed by atoms with van der Waals surface area (Å²) in [7, 11) is 3.23. The summed E-state index contributed by atoms with van der Waals surface area (Å²) in [5.74, 6) is 0.0269. The van der Waals surface area contributed by atoms with Crippen molar-refractivity contribution < 1.29 is 19.1 Å². The van der Waals surface area contributed by atoms with E-state index in [1.165, 1.54) is 4.90 Å². The highest BCUT2D eigenvalue weighted by atomic mass is 16.5. The number of hydrogen-bond donors (Lipinski definition) is 2. The van der Waals surface area contributed by atoms with Crippen molar-refractivity contribution >= 4 is 17.8 Å². The van der Waals surface area contributed by atoms with Gasteiger partial charge in [-0.3, -0.25) is 14.9 Å². The van der Waals surface area contributed by atoms with Gasteiger partial charge in [-0.15, -0.1) is 0 Å². The van der Waals surface area contributed by atoms with Crippen molar-refractivity contribution in [3.05, 3.63) is 29.8 Å². The number of nitrogens with one attached hydrogen (secondary N) is 2. The zero-order valence-electron chi connectivity index (χ0n) is 11.9. The first-order valence-corrected chi connectivity index (χ1v) is 6.48. The molecule has 0 aliphatic carbocycles. The predicted octanol–water partition coefficient (Wildman–Crippen LogP) is 0.252. The highest BCUT2D eigenvalue weighted by Crippen LogP contribution is 2.14. The molecule has 0 bridgehead atoms. The molecular weight excluding hydrogens is 274 g/mol. The second-order valence-corrected chi connectivity index (χ2v) is 4.82. The van der Waals surface area contributed by atoms with E-state index in [9.17, 15) is 14.4 Å². The van der Waals surface area contributed by atoms with Gasteiger partial charge in [0.05, 0.1) is 13.5 Å². The van der Waals surface area contributed by atoms with Crippen molar-refractivity contribution in [2.75, 3.05) is 14.2 Å². The zero-order chi connectivity index (χ0) is 15.4. The number of rotatable bonds is 5. The molecule has 0 radical (unpaired) electrons. The Hall–Kier alpha value is -2.57. The molecule has 0 unspecified atom stereocenters. The highest BCUT2D eigenvalue weighted by Gasteiger charge is 2.32. The summed E-state index contributed by atoms with van der Waals surface area (Å²) in [4.78, 5) is 36.0. The molecule has 1 atom stereocenters. The van der Waals surface area contributed by atoms with Gasteiger partial charge in [0.2, 0.25) is 5.91 Å². The smallest absolute Gasteiger partial charge is 0.322 e. The minimum absolute atomic E-state index is 0.0575. The monoisotopic (exact) mass is 291 g/mol. The average Bonchev–Trinajstić information content (AvgIpc) is 2.77. The van der Waals surface area contributed by atoms with Gasteiger partial charge in [-0.2, -0.15) is 0 Å². The maximum Gasteiger partial charge on any atom is 0.322 e. The molecule has 0 saturated carbocycles. The van der Waals surface area contributed by atoms with Gasteiger partial charge in [-0.1, -0.05) is 12.1 Å². The van der Waals surface area contributed by atoms with E-state index in [-0.39, 0.29) is 12.3 Å². The van der Waals surface area contributed by atoms with Crippen LogP contribution in [0.5, 0.6) is 5.75 Å². The molecule has 4 amide bonds. The van der Waals surface area contributed by atoms with Crippen LogP contribution in [0.2, 0.25) is 0 Å². The lowest BCUT2D eigenvalue weighted by Crippen LogP contribution is -2.36. The van der Waals surface area contributed by atoms with Crippen molar-refractivity contribution in [2.24, 2.45) is 0 Å². The van der Waals surface area contributed by atoms with E-state index >= 15 is 0 Å². The van der Waals surface area contributed by atoms with Crippen LogP contribution in [0.25, 0.3) is 0 Å². The third-order valence-electron chi connectivity index (χ3n) is 3.22. The minimum Gasteiger partial charge on any atom is -0.497 e. The van der Waals surface area contributed by atoms with Crippen LogP contribution in [0.4, 0.5) is 4.79 Å². The van der Waals surface area contributed by atoms with Crippen LogP contribution in [0, 0.1) is 0 Å². The summed E-state index contributed by atoms with van der Waals surface area (Å²) in [5.41, 5.74) is 0.921. The molecule has 21 heavy (non-hydrogen) atoms. The van der Waals surface area contributed by atoms with Crippen LogP contribution < -0.4 is 15.4 Å². The van der Waals surface area contributed by atoms with E-state index in [0.29, 0.717) is 6.54 Å². The molecule has 0 spiro atoms. The van der Waals surface area contributed by atoms with E-state index in [1.54, 1.807) is 14.2 Å². The summed E-state index contributed by atoms with van der Waals surface area (Å²) < 4.78 is 5.13. The van der Waals surface area contributed by atoms with Crippen LogP contribution in [0.1, 0.15) is 12.0 Å². The number of ether oxygens (including phenoxy) is 1. The van der Waals surface area contributed by atoms with Gasteiger partial charge < -0.3 is 15.0 Å². The zero-order valence-corrected chi connectivity index (χ0v) is 11.9. The largest absolute Gasteiger partial charge is 0.497 e. The lowest BCUT2D eigenvalue weighted by atomic mass is 10.1. The van der Waals surface area contributed by atoms with Crippen LogP contribution in [0.3, 0.4) is 0 Å². The Morgan fingerprint density at radius 3 is 2.76 bits per heavy atom. The Bertz CT molecular complexity index is 573. The molecule has 2 N–H and O–H groups in total. The van der Waals surface area contributed by atoms with Crippen LogP contribution in [-0.2, 0) is 16.1 Å². The normalized spacial score (nSPS) is 17.1. The van der Waals surface area contributed by atoms with Crippen molar-refractivity contribution in [2.45, 2.75) is 19.0 Å². The third-order valence-corrected chi connectivity index (χ3v) is 3.22. The maximum atomic E-state index is 12.1. The fourth-order valence-electron chi connectivity index (χ4n) is 2.07. The molecule has 7 heteroatoms. The van der Waals surface area contributed by atoms with Crippen molar-refractivity contribution in [3.63, 3.8) is 0 Å². The molecule has 1 aromatic carbocycles. The topological polar surface area (TPSA) is 87.7 Å². The van der Waals surface area contributed by atoms with Crippen molar-refractivity contribution in [1.82, 2.24) is 15.5 Å². The number of urea groups is 1. The Labute approximate surface area is 122 Å². The predicted molar refractivity (Wildman–Crippen MR) is 74.5 cm³/mol. The SMILES string of the molecule is COc1cccc(CN(C)C(=O)C[C@H]2NC(=O)NC2=O)c1. The molecule has 2 rings (SSSR count). The molecule has 112 valence electrons. The quantitative estimate of drug-likeness (QED) is 0.761. The Kier molecular flexibility index (Phi) is 4.42. The van der Waals surface area contributed by atoms with E-state index in [1.807, 2.05) is 24.3 Å². The molecular formula is C14H17N3O4. The number of methoxy groups -OCH3 is 1. The fourth-order valence-corrected chi connectivity index (χ4v) is 2.07. The van der Waals surface area contributed by atoms with E-state index < -0.39 is 18.0 Å². The van der Waals surface area contributed by atoms with Crippen molar-refractivity contribution in [3.8, 4) is 5.75 Å². The van der Waals surface area contributed by atoms with Crippen molar-refractivity contribution in [1.29, 1.82) is 0 Å². The molecule has 1 aromatic rings. The summed E-state index contributed by atoms with van der Waals surface area (Å²) in [5, 5.41) is 4.50. The summed E-state index contributed by atoms with van der Waals surface area (Å²) >= 11 is 0. The van der Waals surface area contributed by atoms with E-state index in [2.05, 4.69) is 10.6 Å². The van der Waals surface area contributed by atoms with Gasteiger partial charge in [-0.05, 0) is 17.7 Å². The first kappa shape index (κ1) is 14.8. The molecule has 1 saturated heterocycles. The Balaban J connectivity index is 1.93. The molecule has 7 nitrogen and oxygen atoms in total. The number of hydrogen-bond acceptors (Lipinski definition) is 4. The number of amides is 4. The Morgan fingerprint density at radius 2 is 2.14 bits per heavy atom. The molecule has 1 fully saturated rings. The average molecular weight is 291 g/mol. The highest BCUT2D eigenvalue weighted by molar-refractivity contribution is 6.05. The van der Waals surface area contributed by atoms with Crippen LogP contribution in [0.15, 0.2) is 24.3 Å². The van der Waals surface area contributed by atoms with Gasteiger partial charge in [0, 0.05) is 13.6 Å². The first-order chi connectivity index (χ1) is 9.99. The summed E-state index contributed by atoms with van der Waals surface area (Å²) in [6, 6.07) is 6.04. The van der Waals surface area contributed by atoms with Gasteiger partial charge in [-0.25, -0.2) is 4.79 Å². The van der Waals surface area contributed by atoms with Gasteiger partial charge in [0.15, 0.2) is 0 Å². The lowest BCUT2D eigenvalue weighted by molar-refractivity contribution is -0.133. The third kappa shape index (κ3) is 3.71. The number of nitrogens with zero attached hydrogens (tertiary/aromatic N) is 1. The second-order valence-electron chi connectivity index (χ2n) is 4.82. The second kappa shape index (κ2) is 6.25. The van der Waals surface area contributed by atoms with Gasteiger partial charge in [0.1, 0.15) is 11.8 Å². The molecule has 1 heterocycles. The number of carbonyl (C=O) groups is 3. The van der Waals surface area contributed by atoms with Gasteiger partial charge >= 0.3 is 6.03 Å². The number of benzene rings is 1. The summed E-state index contributed by atoms with van der Waals surface area (Å²) in [6.07, 6.45) is -0.0575. The minimum atomic E-state index is -0.794. The first-order valence-electron chi connectivity index (χ1n) is 6.48. The Morgan fingerprint density at radius 1 is 1.38 bits per heavy atom. The lowest BCUT2D eigenvalue weighted by Gasteiger charge is -2.19. The van der Waals surface area contributed by atoms with E-state index in [4.69, 9.17) is 4.74 Å². The molecule has 1 aliphatic heterocycles. The van der Waals surface area contributed by atoms with Gasteiger partial charge in [0.25, 0.3) is 5.91 Å². The van der Waals surface area contributed by atoms with Crippen LogP contribution in [-0.4, -0.2) is 42.9 Å². The maximum absolute atomic E-state index is 12.1.